The average molecular weight is 378 g/mol. The normalized spacial score (nSPS) is 12.4. The van der Waals surface area contributed by atoms with E-state index >= 15 is 0 Å². The van der Waals surface area contributed by atoms with Gasteiger partial charge in [-0.3, -0.25) is 4.79 Å². The van der Waals surface area contributed by atoms with Gasteiger partial charge in [-0.2, -0.15) is 0 Å². The first kappa shape index (κ1) is 17.4. The van der Waals surface area contributed by atoms with E-state index in [-0.39, 0.29) is 5.78 Å². The quantitative estimate of drug-likeness (QED) is 0.465. The van der Waals surface area contributed by atoms with Crippen LogP contribution in [-0.4, -0.2) is 12.9 Å². The van der Waals surface area contributed by atoms with Gasteiger partial charge in [0.1, 0.15) is 5.75 Å². The second kappa shape index (κ2) is 7.02. The van der Waals surface area contributed by atoms with E-state index in [1.54, 1.807) is 13.2 Å². The van der Waals surface area contributed by atoms with Gasteiger partial charge in [0, 0.05) is 39.6 Å². The van der Waals surface area contributed by atoms with E-state index in [2.05, 4.69) is 22.8 Å². The van der Waals surface area contributed by atoms with Crippen molar-refractivity contribution in [3.8, 4) is 16.9 Å². The fourth-order valence-electron chi connectivity index (χ4n) is 4.17. The van der Waals surface area contributed by atoms with E-state index in [1.165, 1.54) is 0 Å². The largest absolute Gasteiger partial charge is 0.496 e. The number of nitrogens with zero attached hydrogens (tertiary/aromatic N) is 1. The Bertz CT molecular complexity index is 1260. The Labute approximate surface area is 169 Å². The number of ether oxygens (including phenoxy) is 1. The number of methoxy groups -OCH3 is 1. The summed E-state index contributed by atoms with van der Waals surface area (Å²) in [6.45, 7) is 0.665. The Morgan fingerprint density at radius 1 is 0.862 bits per heavy atom. The first-order chi connectivity index (χ1) is 14.3. The molecule has 3 nitrogen and oxygen atoms in total. The molecule has 29 heavy (non-hydrogen) atoms. The third-order valence-electron chi connectivity index (χ3n) is 5.45. The van der Waals surface area contributed by atoms with Crippen molar-refractivity contribution < 1.29 is 14.1 Å². The first-order valence-electron chi connectivity index (χ1n) is 9.65. The Kier molecular flexibility index (Phi) is 4.21. The minimum Gasteiger partial charge on any atom is -0.496 e. The monoisotopic (exact) mass is 378 g/mol. The molecule has 140 valence electrons. The number of carbonyl (C=O) groups excluding carboxylic acids is 1. The number of benzene rings is 3. The molecule has 0 fully saturated rings. The number of hydrogen-bond donors (Lipinski definition) is 0. The number of aromatic nitrogens is 1. The lowest BCUT2D eigenvalue weighted by atomic mass is 9.84. The van der Waals surface area contributed by atoms with Crippen LogP contribution in [0.5, 0.6) is 5.75 Å². The molecule has 1 aliphatic carbocycles. The van der Waals surface area contributed by atoms with Gasteiger partial charge in [0.25, 0.3) is 0 Å². The van der Waals surface area contributed by atoms with Crippen LogP contribution in [0.1, 0.15) is 21.5 Å². The van der Waals surface area contributed by atoms with Crippen molar-refractivity contribution in [1.82, 2.24) is 0 Å². The molecule has 1 heterocycles. The number of allylic oxidation sites excluding steroid dienone is 1. The zero-order valence-corrected chi connectivity index (χ0v) is 16.1. The van der Waals surface area contributed by atoms with Crippen LogP contribution in [0, 0.1) is 0 Å². The molecular weight excluding hydrogens is 358 g/mol. The van der Waals surface area contributed by atoms with Crippen molar-refractivity contribution >= 4 is 22.6 Å². The second-order valence-corrected chi connectivity index (χ2v) is 7.18. The van der Waals surface area contributed by atoms with Crippen molar-refractivity contribution in [2.24, 2.45) is 0 Å². The summed E-state index contributed by atoms with van der Waals surface area (Å²) in [5.41, 5.74) is 5.11. The molecule has 1 aliphatic rings. The molecule has 3 heteroatoms. The number of carbonyl (C=O) groups is 1. The lowest BCUT2D eigenvalue weighted by molar-refractivity contribution is -0.688. The molecule has 0 aliphatic heterocycles. The second-order valence-electron chi connectivity index (χ2n) is 7.18. The summed E-state index contributed by atoms with van der Waals surface area (Å²) >= 11 is 0. The van der Waals surface area contributed by atoms with Crippen LogP contribution in [0.25, 0.3) is 28.0 Å². The number of rotatable bonds is 4. The van der Waals surface area contributed by atoms with E-state index in [4.69, 9.17) is 4.74 Å². The third-order valence-corrected chi connectivity index (χ3v) is 5.45. The Hall–Kier alpha value is -3.72. The molecular formula is C26H20NO2+. The van der Waals surface area contributed by atoms with Gasteiger partial charge in [0.05, 0.1) is 7.11 Å². The van der Waals surface area contributed by atoms with E-state index in [0.29, 0.717) is 6.54 Å². The molecule has 0 spiro atoms. The number of ketones is 1. The van der Waals surface area contributed by atoms with E-state index < -0.39 is 0 Å². The molecule has 0 bridgehead atoms. The van der Waals surface area contributed by atoms with Gasteiger partial charge in [-0.15, -0.1) is 0 Å². The first-order valence-corrected chi connectivity index (χ1v) is 9.65. The van der Waals surface area contributed by atoms with Crippen LogP contribution in [0.4, 0.5) is 0 Å². The average Bonchev–Trinajstić information content (AvgIpc) is 2.77. The SMILES string of the molecule is COc1ccc2c3c(cc(C[n+]4ccccc4)c(-c4ccccc4)c13)C(=O)C=C2. The van der Waals surface area contributed by atoms with Crippen molar-refractivity contribution in [2.45, 2.75) is 6.54 Å². The Balaban J connectivity index is 1.90. The number of pyridine rings is 1. The van der Waals surface area contributed by atoms with Crippen LogP contribution in [-0.2, 0) is 6.54 Å². The summed E-state index contributed by atoms with van der Waals surface area (Å²) in [6, 6.07) is 22.4. The smallest absolute Gasteiger partial charge is 0.186 e. The highest BCUT2D eigenvalue weighted by molar-refractivity contribution is 6.23. The van der Waals surface area contributed by atoms with Gasteiger partial charge >= 0.3 is 0 Å². The maximum absolute atomic E-state index is 12.8. The van der Waals surface area contributed by atoms with Gasteiger partial charge in [-0.1, -0.05) is 48.5 Å². The minimum absolute atomic E-state index is 0.0367. The molecule has 0 amide bonds. The lowest BCUT2D eigenvalue weighted by Gasteiger charge is -2.20. The van der Waals surface area contributed by atoms with Crippen LogP contribution in [0.15, 0.2) is 85.2 Å². The van der Waals surface area contributed by atoms with Crippen molar-refractivity contribution in [3.05, 3.63) is 102 Å². The maximum atomic E-state index is 12.8. The van der Waals surface area contributed by atoms with E-state index in [1.807, 2.05) is 67.0 Å². The summed E-state index contributed by atoms with van der Waals surface area (Å²) < 4.78 is 7.89. The molecule has 0 unspecified atom stereocenters. The fraction of sp³-hybridized carbons (Fsp3) is 0.0769. The van der Waals surface area contributed by atoms with Crippen LogP contribution < -0.4 is 9.30 Å². The predicted octanol–water partition coefficient (Wildman–Crippen LogP) is 5.06. The predicted molar refractivity (Wildman–Crippen MR) is 115 cm³/mol. The van der Waals surface area contributed by atoms with Gasteiger partial charge in [0.15, 0.2) is 24.7 Å². The molecule has 0 radical (unpaired) electrons. The molecule has 0 N–H and O–H groups in total. The van der Waals surface area contributed by atoms with Crippen LogP contribution in [0.3, 0.4) is 0 Å². The van der Waals surface area contributed by atoms with Gasteiger partial charge in [-0.05, 0) is 29.3 Å². The molecule has 4 aromatic rings. The summed E-state index contributed by atoms with van der Waals surface area (Å²) in [6.07, 6.45) is 7.64. The minimum atomic E-state index is 0.0367. The maximum Gasteiger partial charge on any atom is 0.186 e. The van der Waals surface area contributed by atoms with Crippen molar-refractivity contribution in [3.63, 3.8) is 0 Å². The topological polar surface area (TPSA) is 30.2 Å². The molecule has 0 atom stereocenters. The van der Waals surface area contributed by atoms with Gasteiger partial charge in [-0.25, -0.2) is 4.57 Å². The highest BCUT2D eigenvalue weighted by Gasteiger charge is 2.24. The van der Waals surface area contributed by atoms with Crippen molar-refractivity contribution in [1.29, 1.82) is 0 Å². The highest BCUT2D eigenvalue weighted by Crippen LogP contribution is 2.43. The zero-order chi connectivity index (χ0) is 19.8. The zero-order valence-electron chi connectivity index (χ0n) is 16.1. The van der Waals surface area contributed by atoms with Gasteiger partial charge in [0.2, 0.25) is 0 Å². The molecule has 3 aromatic carbocycles. The standard InChI is InChI=1S/C26H20NO2/c1-29-23-13-11-19-10-12-22(28)21-16-20(17-27-14-6-3-7-15-27)24(26(23)25(19)21)18-8-4-2-5-9-18/h2-16H,17H2,1H3/q+1. The summed E-state index contributed by atoms with van der Waals surface area (Å²) in [5.74, 6) is 0.821. The van der Waals surface area contributed by atoms with Gasteiger partial charge < -0.3 is 4.74 Å². The van der Waals surface area contributed by atoms with E-state index in [9.17, 15) is 4.79 Å². The lowest BCUT2D eigenvalue weighted by Crippen LogP contribution is -2.33. The summed E-state index contributed by atoms with van der Waals surface area (Å²) in [5, 5.41) is 1.97. The van der Waals surface area contributed by atoms with E-state index in [0.717, 1.165) is 44.3 Å². The highest BCUT2D eigenvalue weighted by atomic mass is 16.5. The molecule has 0 saturated carbocycles. The van der Waals surface area contributed by atoms with Crippen molar-refractivity contribution in [2.75, 3.05) is 7.11 Å². The fourth-order valence-corrected chi connectivity index (χ4v) is 4.17. The molecule has 0 saturated heterocycles. The third kappa shape index (κ3) is 2.92. The molecule has 1 aromatic heterocycles. The van der Waals surface area contributed by atoms with Crippen LogP contribution >= 0.6 is 0 Å². The Morgan fingerprint density at radius 3 is 2.38 bits per heavy atom. The summed E-state index contributed by atoms with van der Waals surface area (Å²) in [7, 11) is 1.69. The summed E-state index contributed by atoms with van der Waals surface area (Å²) in [4.78, 5) is 12.8. The van der Waals surface area contributed by atoms with Crippen LogP contribution in [0.2, 0.25) is 0 Å². The Morgan fingerprint density at radius 2 is 1.62 bits per heavy atom. The molecule has 5 rings (SSSR count). The number of hydrogen-bond acceptors (Lipinski definition) is 2.